The summed E-state index contributed by atoms with van der Waals surface area (Å²) in [6, 6.07) is 16.8. The summed E-state index contributed by atoms with van der Waals surface area (Å²) in [5.41, 5.74) is 4.31. The van der Waals surface area contributed by atoms with Gasteiger partial charge < -0.3 is 4.90 Å². The van der Waals surface area contributed by atoms with Gasteiger partial charge in [-0.05, 0) is 38.5 Å². The van der Waals surface area contributed by atoms with Crippen LogP contribution in [0.5, 0.6) is 0 Å². The highest BCUT2D eigenvalue weighted by molar-refractivity contribution is 5.59. The van der Waals surface area contributed by atoms with Crippen LogP contribution in [0.4, 0.5) is 5.82 Å². The summed E-state index contributed by atoms with van der Waals surface area (Å²) in [7, 11) is 0. The van der Waals surface area contributed by atoms with Gasteiger partial charge in [0.2, 0.25) is 0 Å². The lowest BCUT2D eigenvalue weighted by Gasteiger charge is -2.17. The van der Waals surface area contributed by atoms with Crippen molar-refractivity contribution in [3.63, 3.8) is 0 Å². The highest BCUT2D eigenvalue weighted by atomic mass is 15.4. The molecule has 0 saturated carbocycles. The molecule has 1 unspecified atom stereocenters. The van der Waals surface area contributed by atoms with Crippen LogP contribution in [0, 0.1) is 13.8 Å². The maximum Gasteiger partial charge on any atom is 0.151 e. The average Bonchev–Trinajstić information content (AvgIpc) is 3.22. The van der Waals surface area contributed by atoms with Crippen molar-refractivity contribution < 1.29 is 0 Å². The van der Waals surface area contributed by atoms with Crippen molar-refractivity contribution in [2.45, 2.75) is 26.3 Å². The topological polar surface area (TPSA) is 46.8 Å². The Morgan fingerprint density at radius 1 is 1.00 bits per heavy atom. The van der Waals surface area contributed by atoms with E-state index >= 15 is 0 Å². The first kappa shape index (κ1) is 14.9. The molecule has 122 valence electrons. The Bertz CT molecular complexity index is 823. The Hall–Kier alpha value is -2.69. The van der Waals surface area contributed by atoms with Gasteiger partial charge >= 0.3 is 0 Å². The van der Waals surface area contributed by atoms with Crippen LogP contribution in [-0.2, 0) is 0 Å². The minimum atomic E-state index is 0.411. The first-order valence-corrected chi connectivity index (χ1v) is 8.37. The summed E-state index contributed by atoms with van der Waals surface area (Å²) in [6.07, 6.45) is 1.09. The van der Waals surface area contributed by atoms with E-state index in [0.717, 1.165) is 42.3 Å². The predicted molar refractivity (Wildman–Crippen MR) is 95.0 cm³/mol. The van der Waals surface area contributed by atoms with Gasteiger partial charge in [0.05, 0.1) is 17.4 Å². The highest BCUT2D eigenvalue weighted by Gasteiger charge is 2.26. The maximum atomic E-state index is 4.63. The third kappa shape index (κ3) is 2.77. The van der Waals surface area contributed by atoms with Gasteiger partial charge in [0.15, 0.2) is 5.82 Å². The van der Waals surface area contributed by atoms with Gasteiger partial charge in [0, 0.05) is 24.3 Å². The van der Waals surface area contributed by atoms with Crippen LogP contribution >= 0.6 is 0 Å². The summed E-state index contributed by atoms with van der Waals surface area (Å²) >= 11 is 0. The molecule has 0 N–H and O–H groups in total. The van der Waals surface area contributed by atoms with E-state index in [2.05, 4.69) is 56.1 Å². The number of aromatic nitrogens is 4. The number of rotatable bonds is 3. The zero-order valence-electron chi connectivity index (χ0n) is 14.1. The Kier molecular flexibility index (Phi) is 3.76. The SMILES string of the molecule is Cc1cc(C)n(C2CCN(c3ccc(-c4ccccc4)nn3)C2)n1. The summed E-state index contributed by atoms with van der Waals surface area (Å²) in [5.74, 6) is 0.943. The monoisotopic (exact) mass is 319 g/mol. The third-order valence-corrected chi connectivity index (χ3v) is 4.60. The molecule has 1 saturated heterocycles. The average molecular weight is 319 g/mol. The summed E-state index contributed by atoms with van der Waals surface area (Å²) in [4.78, 5) is 2.29. The van der Waals surface area contributed by atoms with Crippen LogP contribution in [0.15, 0.2) is 48.5 Å². The summed E-state index contributed by atoms with van der Waals surface area (Å²) in [6.45, 7) is 6.09. The first-order valence-electron chi connectivity index (χ1n) is 8.37. The van der Waals surface area contributed by atoms with Gasteiger partial charge in [0.1, 0.15) is 0 Å². The molecule has 24 heavy (non-hydrogen) atoms. The number of hydrogen-bond acceptors (Lipinski definition) is 4. The van der Waals surface area contributed by atoms with E-state index in [4.69, 9.17) is 0 Å². The number of aryl methyl sites for hydroxylation is 2. The zero-order valence-corrected chi connectivity index (χ0v) is 14.1. The molecule has 1 aromatic carbocycles. The van der Waals surface area contributed by atoms with E-state index in [1.807, 2.05) is 31.2 Å². The molecule has 5 nitrogen and oxygen atoms in total. The molecule has 4 rings (SSSR count). The van der Waals surface area contributed by atoms with E-state index in [1.165, 1.54) is 5.69 Å². The molecular weight excluding hydrogens is 298 g/mol. The zero-order chi connectivity index (χ0) is 16.5. The van der Waals surface area contributed by atoms with Crippen LogP contribution in [0.25, 0.3) is 11.3 Å². The van der Waals surface area contributed by atoms with Gasteiger partial charge in [-0.15, -0.1) is 10.2 Å². The molecule has 0 bridgehead atoms. The van der Waals surface area contributed by atoms with Crippen LogP contribution < -0.4 is 4.90 Å². The molecular formula is C19H21N5. The highest BCUT2D eigenvalue weighted by Crippen LogP contribution is 2.27. The fraction of sp³-hybridized carbons (Fsp3) is 0.316. The molecule has 2 aromatic heterocycles. The van der Waals surface area contributed by atoms with E-state index in [0.29, 0.717) is 6.04 Å². The van der Waals surface area contributed by atoms with Crippen LogP contribution in [-0.4, -0.2) is 33.1 Å². The van der Waals surface area contributed by atoms with Gasteiger partial charge in [-0.2, -0.15) is 5.10 Å². The Labute approximate surface area is 142 Å². The second-order valence-electron chi connectivity index (χ2n) is 6.40. The molecule has 0 spiro atoms. The second kappa shape index (κ2) is 6.07. The number of benzene rings is 1. The van der Waals surface area contributed by atoms with Crippen molar-refractivity contribution in [3.8, 4) is 11.3 Å². The molecule has 1 aliphatic rings. The van der Waals surface area contributed by atoms with Gasteiger partial charge in [0.25, 0.3) is 0 Å². The number of nitrogens with zero attached hydrogens (tertiary/aromatic N) is 5. The Morgan fingerprint density at radius 2 is 1.83 bits per heavy atom. The molecule has 3 aromatic rings. The maximum absolute atomic E-state index is 4.63. The van der Waals surface area contributed by atoms with E-state index in [1.54, 1.807) is 0 Å². The molecule has 1 fully saturated rings. The molecule has 0 radical (unpaired) electrons. The van der Waals surface area contributed by atoms with Crippen molar-refractivity contribution in [2.24, 2.45) is 0 Å². The normalized spacial score (nSPS) is 17.4. The van der Waals surface area contributed by atoms with Crippen molar-refractivity contribution in [2.75, 3.05) is 18.0 Å². The van der Waals surface area contributed by atoms with Gasteiger partial charge in [-0.1, -0.05) is 30.3 Å². The lowest BCUT2D eigenvalue weighted by Crippen LogP contribution is -2.23. The predicted octanol–water partition coefficient (Wildman–Crippen LogP) is 3.41. The van der Waals surface area contributed by atoms with E-state index in [9.17, 15) is 0 Å². The smallest absolute Gasteiger partial charge is 0.151 e. The standard InChI is InChI=1S/C19H21N5/c1-14-12-15(2)24(22-14)17-10-11-23(13-17)19-9-8-18(20-21-19)16-6-4-3-5-7-16/h3-9,12,17H,10-11,13H2,1-2H3. The molecule has 3 heterocycles. The Morgan fingerprint density at radius 3 is 2.50 bits per heavy atom. The fourth-order valence-electron chi connectivity index (χ4n) is 3.42. The number of hydrogen-bond donors (Lipinski definition) is 0. The lowest BCUT2D eigenvalue weighted by atomic mass is 10.1. The van der Waals surface area contributed by atoms with Crippen LogP contribution in [0.1, 0.15) is 23.9 Å². The second-order valence-corrected chi connectivity index (χ2v) is 6.40. The van der Waals surface area contributed by atoms with E-state index in [-0.39, 0.29) is 0 Å². The van der Waals surface area contributed by atoms with Gasteiger partial charge in [-0.25, -0.2) is 0 Å². The molecule has 1 atom stereocenters. The molecule has 0 aliphatic carbocycles. The van der Waals surface area contributed by atoms with E-state index < -0.39 is 0 Å². The van der Waals surface area contributed by atoms with Crippen LogP contribution in [0.2, 0.25) is 0 Å². The van der Waals surface area contributed by atoms with Crippen molar-refractivity contribution in [1.29, 1.82) is 0 Å². The van der Waals surface area contributed by atoms with Crippen molar-refractivity contribution >= 4 is 5.82 Å². The van der Waals surface area contributed by atoms with Crippen molar-refractivity contribution in [1.82, 2.24) is 20.0 Å². The fourth-order valence-corrected chi connectivity index (χ4v) is 3.42. The lowest BCUT2D eigenvalue weighted by molar-refractivity contribution is 0.481. The minimum Gasteiger partial charge on any atom is -0.353 e. The first-order chi connectivity index (χ1) is 11.7. The minimum absolute atomic E-state index is 0.411. The third-order valence-electron chi connectivity index (χ3n) is 4.60. The van der Waals surface area contributed by atoms with Crippen LogP contribution in [0.3, 0.4) is 0 Å². The van der Waals surface area contributed by atoms with Gasteiger partial charge in [-0.3, -0.25) is 4.68 Å². The molecule has 1 aliphatic heterocycles. The largest absolute Gasteiger partial charge is 0.353 e. The number of anilines is 1. The molecule has 0 amide bonds. The quantitative estimate of drug-likeness (QED) is 0.742. The summed E-state index contributed by atoms with van der Waals surface area (Å²) in [5, 5.41) is 13.5. The van der Waals surface area contributed by atoms with Crippen molar-refractivity contribution in [3.05, 3.63) is 59.9 Å². The molecule has 5 heteroatoms. The summed E-state index contributed by atoms with van der Waals surface area (Å²) < 4.78 is 2.15. The Balaban J connectivity index is 1.50.